The van der Waals surface area contributed by atoms with E-state index in [0.717, 1.165) is 11.3 Å². The summed E-state index contributed by atoms with van der Waals surface area (Å²) in [6.07, 6.45) is 4.03. The molecule has 0 atom stereocenters. The molecule has 0 bridgehead atoms. The van der Waals surface area contributed by atoms with Gasteiger partial charge in [-0.25, -0.2) is 0 Å². The largest absolute Gasteiger partial charge is 0.309 e. The van der Waals surface area contributed by atoms with E-state index in [2.05, 4.69) is 41.4 Å². The Kier molecular flexibility index (Phi) is 4.35. The van der Waals surface area contributed by atoms with Crippen LogP contribution in [0.2, 0.25) is 0 Å². The summed E-state index contributed by atoms with van der Waals surface area (Å²) in [6.45, 7) is 8.73. The van der Waals surface area contributed by atoms with Gasteiger partial charge in [0.05, 0.1) is 11.9 Å². The van der Waals surface area contributed by atoms with Crippen LogP contribution in [0.25, 0.3) is 0 Å². The Bertz CT molecular complexity index is 610. The highest BCUT2D eigenvalue weighted by molar-refractivity contribution is 5.89. The average molecular weight is 287 g/mol. The fraction of sp³-hybridized carbons (Fsp3) is 0.467. The van der Waals surface area contributed by atoms with Crippen LogP contribution in [0.3, 0.4) is 0 Å². The minimum Gasteiger partial charge on any atom is -0.309 e. The monoisotopic (exact) mass is 287 g/mol. The minimum absolute atomic E-state index is 0.0481. The van der Waals surface area contributed by atoms with Crippen LogP contribution in [-0.4, -0.2) is 25.9 Å². The second kappa shape index (κ2) is 6.03. The van der Waals surface area contributed by atoms with Crippen LogP contribution in [0.4, 0.5) is 5.82 Å². The van der Waals surface area contributed by atoms with E-state index in [4.69, 9.17) is 0 Å². The van der Waals surface area contributed by atoms with E-state index in [9.17, 15) is 4.79 Å². The van der Waals surface area contributed by atoms with Crippen LogP contribution >= 0.6 is 0 Å². The third-order valence-corrected chi connectivity index (χ3v) is 3.03. The number of carbonyl (C=O) groups excluding carboxylic acids is 1. The van der Waals surface area contributed by atoms with Crippen molar-refractivity contribution in [2.45, 2.75) is 46.1 Å². The standard InChI is InChI=1S/C15H21N5O/c1-11-9-16-20(10-11)8-7-14(21)17-13-6-5-12(18-19-13)15(2,3)4/h5-6,9-10H,7-8H2,1-4H3,(H,17,19,21). The van der Waals surface area contributed by atoms with Crippen LogP contribution in [0.1, 0.15) is 38.4 Å². The molecule has 0 aliphatic heterocycles. The van der Waals surface area contributed by atoms with E-state index in [0.29, 0.717) is 18.8 Å². The van der Waals surface area contributed by atoms with Gasteiger partial charge in [0.1, 0.15) is 0 Å². The third kappa shape index (κ3) is 4.37. The summed E-state index contributed by atoms with van der Waals surface area (Å²) in [4.78, 5) is 11.9. The second-order valence-electron chi connectivity index (χ2n) is 6.13. The predicted octanol–water partition coefficient (Wildman–Crippen LogP) is 2.31. The molecule has 0 unspecified atom stereocenters. The lowest BCUT2D eigenvalue weighted by atomic mass is 9.92. The molecular formula is C15H21N5O. The Hall–Kier alpha value is -2.24. The van der Waals surface area contributed by atoms with E-state index in [1.165, 1.54) is 0 Å². The van der Waals surface area contributed by atoms with E-state index in [1.807, 2.05) is 19.2 Å². The van der Waals surface area contributed by atoms with E-state index in [-0.39, 0.29) is 11.3 Å². The van der Waals surface area contributed by atoms with E-state index >= 15 is 0 Å². The lowest BCUT2D eigenvalue weighted by molar-refractivity contribution is -0.116. The summed E-state index contributed by atoms with van der Waals surface area (Å²) in [7, 11) is 0. The van der Waals surface area contributed by atoms with Gasteiger partial charge in [0, 0.05) is 24.6 Å². The summed E-state index contributed by atoms with van der Waals surface area (Å²) in [5.41, 5.74) is 1.93. The SMILES string of the molecule is Cc1cnn(CCC(=O)Nc2ccc(C(C)(C)C)nn2)c1. The Morgan fingerprint density at radius 2 is 2.05 bits per heavy atom. The van der Waals surface area contributed by atoms with Gasteiger partial charge < -0.3 is 5.32 Å². The molecule has 6 heteroatoms. The maximum absolute atomic E-state index is 11.9. The lowest BCUT2D eigenvalue weighted by Gasteiger charge is -2.16. The molecule has 1 N–H and O–H groups in total. The highest BCUT2D eigenvalue weighted by atomic mass is 16.1. The fourth-order valence-corrected chi connectivity index (χ4v) is 1.81. The van der Waals surface area contributed by atoms with Gasteiger partial charge in [-0.05, 0) is 24.6 Å². The number of anilines is 1. The number of aryl methyl sites for hydroxylation is 2. The molecule has 2 aromatic heterocycles. The molecule has 2 heterocycles. The molecule has 0 aliphatic rings. The number of amides is 1. The van der Waals surface area contributed by atoms with Gasteiger partial charge in [0.15, 0.2) is 5.82 Å². The molecule has 2 rings (SSSR count). The highest BCUT2D eigenvalue weighted by Gasteiger charge is 2.16. The number of nitrogens with one attached hydrogen (secondary N) is 1. The number of hydrogen-bond donors (Lipinski definition) is 1. The summed E-state index contributed by atoms with van der Waals surface area (Å²) in [5, 5.41) is 15.1. The quantitative estimate of drug-likeness (QED) is 0.936. The van der Waals surface area contributed by atoms with Crippen molar-refractivity contribution >= 4 is 11.7 Å². The second-order valence-corrected chi connectivity index (χ2v) is 6.13. The van der Waals surface area contributed by atoms with Crippen molar-refractivity contribution in [3.8, 4) is 0 Å². The van der Waals surface area contributed by atoms with E-state index in [1.54, 1.807) is 16.9 Å². The van der Waals surface area contributed by atoms with Crippen molar-refractivity contribution < 1.29 is 4.79 Å². The molecule has 0 aliphatic carbocycles. The Morgan fingerprint density at radius 3 is 2.57 bits per heavy atom. The molecule has 0 saturated heterocycles. The van der Waals surface area contributed by atoms with Crippen molar-refractivity contribution in [3.05, 3.63) is 35.8 Å². The fourth-order valence-electron chi connectivity index (χ4n) is 1.81. The maximum Gasteiger partial charge on any atom is 0.227 e. The molecule has 1 amide bonds. The van der Waals surface area contributed by atoms with Crippen molar-refractivity contribution in [2.75, 3.05) is 5.32 Å². The number of carbonyl (C=O) groups is 1. The van der Waals surface area contributed by atoms with Gasteiger partial charge >= 0.3 is 0 Å². The smallest absolute Gasteiger partial charge is 0.227 e. The van der Waals surface area contributed by atoms with Gasteiger partial charge in [-0.1, -0.05) is 20.8 Å². The van der Waals surface area contributed by atoms with Gasteiger partial charge in [0.2, 0.25) is 5.91 Å². The molecule has 0 aromatic carbocycles. The van der Waals surface area contributed by atoms with Gasteiger partial charge in [-0.3, -0.25) is 9.48 Å². The first-order valence-electron chi connectivity index (χ1n) is 6.98. The molecule has 0 radical (unpaired) electrons. The van der Waals surface area contributed by atoms with Gasteiger partial charge in [0.25, 0.3) is 0 Å². The number of nitrogens with zero attached hydrogens (tertiary/aromatic N) is 4. The van der Waals surface area contributed by atoms with Crippen LogP contribution in [0.5, 0.6) is 0 Å². The van der Waals surface area contributed by atoms with Crippen molar-refractivity contribution in [1.29, 1.82) is 0 Å². The van der Waals surface area contributed by atoms with Gasteiger partial charge in [-0.2, -0.15) is 10.2 Å². The zero-order valence-corrected chi connectivity index (χ0v) is 12.9. The predicted molar refractivity (Wildman–Crippen MR) is 80.9 cm³/mol. The first-order valence-corrected chi connectivity index (χ1v) is 6.98. The number of hydrogen-bond acceptors (Lipinski definition) is 4. The first kappa shape index (κ1) is 15.2. The molecule has 112 valence electrons. The van der Waals surface area contributed by atoms with Crippen LogP contribution in [0, 0.1) is 6.92 Å². The summed E-state index contributed by atoms with van der Waals surface area (Å²) in [5.74, 6) is 0.380. The number of aromatic nitrogens is 4. The topological polar surface area (TPSA) is 72.7 Å². The molecule has 21 heavy (non-hydrogen) atoms. The average Bonchev–Trinajstić information content (AvgIpc) is 2.82. The zero-order valence-electron chi connectivity index (χ0n) is 12.9. The molecular weight excluding hydrogens is 266 g/mol. The maximum atomic E-state index is 11.9. The third-order valence-electron chi connectivity index (χ3n) is 3.03. The van der Waals surface area contributed by atoms with Crippen LogP contribution < -0.4 is 5.32 Å². The molecule has 0 saturated carbocycles. The molecule has 2 aromatic rings. The van der Waals surface area contributed by atoms with Gasteiger partial charge in [-0.15, -0.1) is 5.10 Å². The van der Waals surface area contributed by atoms with E-state index < -0.39 is 0 Å². The summed E-state index contributed by atoms with van der Waals surface area (Å²) in [6, 6.07) is 3.67. The summed E-state index contributed by atoms with van der Waals surface area (Å²) >= 11 is 0. The summed E-state index contributed by atoms with van der Waals surface area (Å²) < 4.78 is 1.75. The Balaban J connectivity index is 1.88. The first-order chi connectivity index (χ1) is 9.84. The highest BCUT2D eigenvalue weighted by Crippen LogP contribution is 2.19. The molecule has 6 nitrogen and oxygen atoms in total. The minimum atomic E-state index is -0.0963. The Labute approximate surface area is 124 Å². The normalized spacial score (nSPS) is 11.4. The molecule has 0 spiro atoms. The lowest BCUT2D eigenvalue weighted by Crippen LogP contribution is -2.18. The van der Waals surface area contributed by atoms with Crippen LogP contribution in [-0.2, 0) is 16.8 Å². The molecule has 0 fully saturated rings. The van der Waals surface area contributed by atoms with Crippen molar-refractivity contribution in [1.82, 2.24) is 20.0 Å². The van der Waals surface area contributed by atoms with Crippen molar-refractivity contribution in [2.24, 2.45) is 0 Å². The Morgan fingerprint density at radius 1 is 1.29 bits per heavy atom. The van der Waals surface area contributed by atoms with Crippen LogP contribution in [0.15, 0.2) is 24.5 Å². The zero-order chi connectivity index (χ0) is 15.5. The number of rotatable bonds is 4. The van der Waals surface area contributed by atoms with Crippen molar-refractivity contribution in [3.63, 3.8) is 0 Å².